The number of rotatable bonds is 5. The standard InChI is InChI=1S/C16H19FN4/c1-3-6-19-15-10(2)14(12-7-13(17)9-18-8-12)20-16(21-15)11-4-5-11/h7-9,11H,3-6H2,1-2H3,(H,19,20,21). The molecule has 1 fully saturated rings. The molecule has 2 aromatic heterocycles. The fourth-order valence-electron chi connectivity index (χ4n) is 2.30. The summed E-state index contributed by atoms with van der Waals surface area (Å²) in [5.74, 6) is 1.82. The number of anilines is 1. The van der Waals surface area contributed by atoms with Gasteiger partial charge in [0.1, 0.15) is 17.5 Å². The van der Waals surface area contributed by atoms with Gasteiger partial charge in [0, 0.05) is 29.8 Å². The van der Waals surface area contributed by atoms with E-state index < -0.39 is 0 Å². The largest absolute Gasteiger partial charge is 0.370 e. The number of nitrogens with one attached hydrogen (secondary N) is 1. The maximum atomic E-state index is 13.4. The summed E-state index contributed by atoms with van der Waals surface area (Å²) < 4.78 is 13.4. The van der Waals surface area contributed by atoms with Gasteiger partial charge >= 0.3 is 0 Å². The van der Waals surface area contributed by atoms with Crippen LogP contribution in [0.1, 0.15) is 43.5 Å². The van der Waals surface area contributed by atoms with Crippen LogP contribution < -0.4 is 5.32 Å². The van der Waals surface area contributed by atoms with Crippen LogP contribution in [0.3, 0.4) is 0 Å². The van der Waals surface area contributed by atoms with Crippen molar-refractivity contribution < 1.29 is 4.39 Å². The van der Waals surface area contributed by atoms with Gasteiger partial charge in [0.15, 0.2) is 0 Å². The summed E-state index contributed by atoms with van der Waals surface area (Å²) in [7, 11) is 0. The lowest BCUT2D eigenvalue weighted by Gasteiger charge is -2.13. The Labute approximate surface area is 123 Å². The van der Waals surface area contributed by atoms with Crippen LogP contribution in [-0.2, 0) is 0 Å². The first kappa shape index (κ1) is 13.9. The third-order valence-corrected chi connectivity index (χ3v) is 3.63. The summed E-state index contributed by atoms with van der Waals surface area (Å²) in [6.45, 7) is 4.94. The van der Waals surface area contributed by atoms with E-state index in [1.165, 1.54) is 12.3 Å². The normalized spacial score (nSPS) is 14.2. The summed E-state index contributed by atoms with van der Waals surface area (Å²) in [4.78, 5) is 13.2. The zero-order chi connectivity index (χ0) is 14.8. The van der Waals surface area contributed by atoms with Crippen molar-refractivity contribution in [3.63, 3.8) is 0 Å². The molecule has 3 rings (SSSR count). The highest BCUT2D eigenvalue weighted by atomic mass is 19.1. The Bertz CT molecular complexity index is 653. The van der Waals surface area contributed by atoms with Gasteiger partial charge in [0.2, 0.25) is 0 Å². The molecule has 0 radical (unpaired) electrons. The van der Waals surface area contributed by atoms with Crippen LogP contribution in [0.4, 0.5) is 10.2 Å². The third kappa shape index (κ3) is 3.01. The van der Waals surface area contributed by atoms with Crippen LogP contribution in [-0.4, -0.2) is 21.5 Å². The van der Waals surface area contributed by atoms with Crippen molar-refractivity contribution in [3.05, 3.63) is 35.7 Å². The van der Waals surface area contributed by atoms with Crippen molar-refractivity contribution in [1.82, 2.24) is 15.0 Å². The molecule has 0 aliphatic heterocycles. The summed E-state index contributed by atoms with van der Waals surface area (Å²) >= 11 is 0. The molecular weight excluding hydrogens is 267 g/mol. The summed E-state index contributed by atoms with van der Waals surface area (Å²) in [6, 6.07) is 1.47. The van der Waals surface area contributed by atoms with E-state index in [0.717, 1.165) is 48.7 Å². The molecule has 2 heterocycles. The molecule has 0 saturated heterocycles. The number of aromatic nitrogens is 3. The average Bonchev–Trinajstić information content (AvgIpc) is 3.31. The van der Waals surface area contributed by atoms with Gasteiger partial charge in [-0.2, -0.15) is 0 Å². The summed E-state index contributed by atoms with van der Waals surface area (Å²) in [5.41, 5.74) is 2.43. The molecule has 0 aromatic carbocycles. The van der Waals surface area contributed by atoms with Crippen LogP contribution in [0.5, 0.6) is 0 Å². The van der Waals surface area contributed by atoms with E-state index in [-0.39, 0.29) is 5.82 Å². The van der Waals surface area contributed by atoms with Crippen molar-refractivity contribution in [2.75, 3.05) is 11.9 Å². The van der Waals surface area contributed by atoms with E-state index in [0.29, 0.717) is 11.5 Å². The minimum absolute atomic E-state index is 0.346. The van der Waals surface area contributed by atoms with Crippen LogP contribution >= 0.6 is 0 Å². The quantitative estimate of drug-likeness (QED) is 0.910. The molecule has 1 aliphatic rings. The van der Waals surface area contributed by atoms with Gasteiger partial charge < -0.3 is 5.32 Å². The maximum absolute atomic E-state index is 13.4. The average molecular weight is 286 g/mol. The van der Waals surface area contributed by atoms with Gasteiger partial charge in [-0.1, -0.05) is 6.92 Å². The van der Waals surface area contributed by atoms with E-state index in [1.54, 1.807) is 6.20 Å². The molecule has 0 atom stereocenters. The van der Waals surface area contributed by atoms with Crippen LogP contribution in [0.15, 0.2) is 18.5 Å². The van der Waals surface area contributed by atoms with Gasteiger partial charge in [-0.05, 0) is 32.3 Å². The predicted molar refractivity (Wildman–Crippen MR) is 80.7 cm³/mol. The number of nitrogens with zero attached hydrogens (tertiary/aromatic N) is 3. The second kappa shape index (κ2) is 5.76. The molecule has 4 nitrogen and oxygen atoms in total. The van der Waals surface area contributed by atoms with E-state index in [4.69, 9.17) is 0 Å². The molecule has 1 N–H and O–H groups in total. The zero-order valence-corrected chi connectivity index (χ0v) is 12.4. The first-order chi connectivity index (χ1) is 10.2. The van der Waals surface area contributed by atoms with Gasteiger partial charge in [-0.25, -0.2) is 14.4 Å². The van der Waals surface area contributed by atoms with Gasteiger partial charge in [-0.15, -0.1) is 0 Å². The number of hydrogen-bond acceptors (Lipinski definition) is 4. The summed E-state index contributed by atoms with van der Waals surface area (Å²) in [5, 5.41) is 3.35. The Kier molecular flexibility index (Phi) is 3.82. The molecule has 1 aliphatic carbocycles. The third-order valence-electron chi connectivity index (χ3n) is 3.63. The highest BCUT2D eigenvalue weighted by Crippen LogP contribution is 2.40. The Balaban J connectivity index is 2.07. The van der Waals surface area contributed by atoms with Crippen molar-refractivity contribution in [1.29, 1.82) is 0 Å². The molecule has 2 aromatic rings. The minimum atomic E-state index is -0.346. The fourth-order valence-corrected chi connectivity index (χ4v) is 2.30. The lowest BCUT2D eigenvalue weighted by molar-refractivity contribution is 0.622. The minimum Gasteiger partial charge on any atom is -0.370 e. The Morgan fingerprint density at radius 3 is 2.76 bits per heavy atom. The Morgan fingerprint density at radius 1 is 1.29 bits per heavy atom. The summed E-state index contributed by atoms with van der Waals surface area (Å²) in [6.07, 6.45) is 6.16. The highest BCUT2D eigenvalue weighted by molar-refractivity contribution is 5.67. The van der Waals surface area contributed by atoms with Crippen LogP contribution in [0.2, 0.25) is 0 Å². The van der Waals surface area contributed by atoms with Crippen molar-refractivity contribution >= 4 is 5.82 Å². The van der Waals surface area contributed by atoms with Crippen LogP contribution in [0, 0.1) is 12.7 Å². The van der Waals surface area contributed by atoms with Crippen molar-refractivity contribution in [2.45, 2.75) is 39.0 Å². The van der Waals surface area contributed by atoms with Gasteiger partial charge in [-0.3, -0.25) is 4.98 Å². The Morgan fingerprint density at radius 2 is 2.10 bits per heavy atom. The van der Waals surface area contributed by atoms with Crippen LogP contribution in [0.25, 0.3) is 11.3 Å². The highest BCUT2D eigenvalue weighted by Gasteiger charge is 2.28. The molecule has 5 heteroatoms. The monoisotopic (exact) mass is 286 g/mol. The smallest absolute Gasteiger partial charge is 0.142 e. The number of pyridine rings is 1. The first-order valence-electron chi connectivity index (χ1n) is 7.42. The molecule has 0 unspecified atom stereocenters. The predicted octanol–water partition coefficient (Wildman–Crippen LogP) is 3.69. The van der Waals surface area contributed by atoms with Crippen molar-refractivity contribution in [2.24, 2.45) is 0 Å². The second-order valence-corrected chi connectivity index (χ2v) is 5.50. The molecule has 1 saturated carbocycles. The molecule has 110 valence electrons. The van der Waals surface area contributed by atoms with Gasteiger partial charge in [0.05, 0.1) is 11.9 Å². The van der Waals surface area contributed by atoms with Crippen molar-refractivity contribution in [3.8, 4) is 11.3 Å². The second-order valence-electron chi connectivity index (χ2n) is 5.50. The lowest BCUT2D eigenvalue weighted by Crippen LogP contribution is -2.08. The van der Waals surface area contributed by atoms with E-state index in [9.17, 15) is 4.39 Å². The zero-order valence-electron chi connectivity index (χ0n) is 12.4. The maximum Gasteiger partial charge on any atom is 0.142 e. The number of hydrogen-bond donors (Lipinski definition) is 1. The Hall–Kier alpha value is -2.04. The molecule has 21 heavy (non-hydrogen) atoms. The molecule has 0 amide bonds. The fraction of sp³-hybridized carbons (Fsp3) is 0.438. The molecule has 0 bridgehead atoms. The van der Waals surface area contributed by atoms with E-state index in [2.05, 4.69) is 27.2 Å². The topological polar surface area (TPSA) is 50.7 Å². The van der Waals surface area contributed by atoms with E-state index in [1.807, 2.05) is 6.92 Å². The lowest BCUT2D eigenvalue weighted by atomic mass is 10.1. The van der Waals surface area contributed by atoms with E-state index >= 15 is 0 Å². The van der Waals surface area contributed by atoms with Gasteiger partial charge in [0.25, 0.3) is 0 Å². The SMILES string of the molecule is CCCNc1nc(C2CC2)nc(-c2cncc(F)c2)c1C. The number of halogens is 1. The molecular formula is C16H19FN4. The first-order valence-corrected chi connectivity index (χ1v) is 7.42. The molecule has 0 spiro atoms.